The molecule has 0 aliphatic heterocycles. The van der Waals surface area contributed by atoms with Crippen LogP contribution in [0.1, 0.15) is 94.4 Å². The molecule has 2 aromatic carbocycles. The van der Waals surface area contributed by atoms with Crippen LogP contribution in [0, 0.1) is 23.7 Å². The minimum Gasteiger partial charge on any atom is -0.505 e. The Kier molecular flexibility index (Phi) is 11.8. The number of phenolic OH excluding ortho intramolecular Hbond substituents is 1. The summed E-state index contributed by atoms with van der Waals surface area (Å²) in [6, 6.07) is 13.8. The van der Waals surface area contributed by atoms with Gasteiger partial charge in [0.05, 0.1) is 17.0 Å². The van der Waals surface area contributed by atoms with Gasteiger partial charge in [0, 0.05) is 25.9 Å². The number of benzene rings is 2. The van der Waals surface area contributed by atoms with Crippen molar-refractivity contribution in [2.45, 2.75) is 78.6 Å². The molecule has 0 radical (unpaired) electrons. The van der Waals surface area contributed by atoms with E-state index in [-0.39, 0.29) is 17.6 Å². The van der Waals surface area contributed by atoms with Gasteiger partial charge in [-0.1, -0.05) is 80.7 Å². The van der Waals surface area contributed by atoms with Crippen molar-refractivity contribution in [3.63, 3.8) is 0 Å². The Labute approximate surface area is 206 Å². The maximum atomic E-state index is 13.5. The van der Waals surface area contributed by atoms with Crippen molar-refractivity contribution in [2.75, 3.05) is 13.1 Å². The van der Waals surface area contributed by atoms with Crippen LogP contribution in [0.3, 0.4) is 0 Å². The van der Waals surface area contributed by atoms with E-state index in [1.54, 1.807) is 0 Å². The Morgan fingerprint density at radius 3 is 1.88 bits per heavy atom. The average Bonchev–Trinajstić information content (AvgIpc) is 2.86. The van der Waals surface area contributed by atoms with Crippen LogP contribution in [-0.4, -0.2) is 29.0 Å². The van der Waals surface area contributed by atoms with E-state index in [0.29, 0.717) is 30.6 Å². The third-order valence-corrected chi connectivity index (χ3v) is 5.94. The van der Waals surface area contributed by atoms with E-state index in [4.69, 9.17) is 0 Å². The largest absolute Gasteiger partial charge is 0.505 e. The highest BCUT2D eigenvalue weighted by molar-refractivity contribution is 5.84. The van der Waals surface area contributed by atoms with Gasteiger partial charge in [-0.2, -0.15) is 0 Å². The van der Waals surface area contributed by atoms with E-state index in [1.807, 2.05) is 61.2 Å². The van der Waals surface area contributed by atoms with Crippen LogP contribution >= 0.6 is 0 Å². The van der Waals surface area contributed by atoms with Crippen molar-refractivity contribution >= 4 is 5.91 Å². The van der Waals surface area contributed by atoms with Crippen LogP contribution in [0.25, 0.3) is 0 Å². The molecule has 3 nitrogen and oxygen atoms in total. The number of likely N-dealkylation sites (N-methyl/N-ethyl adjacent to an activating group) is 1. The number of aromatic hydroxyl groups is 1. The lowest BCUT2D eigenvalue weighted by atomic mass is 9.89. The summed E-state index contributed by atoms with van der Waals surface area (Å²) in [6.07, 6.45) is 6.36. The molecule has 2 aromatic rings. The molecule has 0 aliphatic rings. The molecule has 34 heavy (non-hydrogen) atoms. The second-order valence-corrected chi connectivity index (χ2v) is 8.53. The minimum absolute atomic E-state index is 0.121. The molecular weight excluding hydrogens is 418 g/mol. The summed E-state index contributed by atoms with van der Waals surface area (Å²) in [4.78, 5) is 15.3. The van der Waals surface area contributed by atoms with E-state index >= 15 is 0 Å². The topological polar surface area (TPSA) is 40.5 Å². The number of carbonyl (C=O) groups excluding carboxylic acids is 1. The molecule has 1 N–H and O–H groups in total. The maximum absolute atomic E-state index is 13.5. The van der Waals surface area contributed by atoms with Gasteiger partial charge in [0.25, 0.3) is 0 Å². The smallest absolute Gasteiger partial charge is 0.230 e. The van der Waals surface area contributed by atoms with Crippen molar-refractivity contribution in [3.05, 3.63) is 64.7 Å². The van der Waals surface area contributed by atoms with Gasteiger partial charge in [-0.05, 0) is 56.4 Å². The Hall–Kier alpha value is -3.17. The van der Waals surface area contributed by atoms with E-state index in [0.717, 1.165) is 49.7 Å². The highest BCUT2D eigenvalue weighted by Gasteiger charge is 2.25. The van der Waals surface area contributed by atoms with Crippen LogP contribution < -0.4 is 0 Å². The molecule has 0 bridgehead atoms. The molecule has 1 amide bonds. The molecule has 0 aromatic heterocycles. The van der Waals surface area contributed by atoms with Crippen molar-refractivity contribution in [1.29, 1.82) is 0 Å². The van der Waals surface area contributed by atoms with Gasteiger partial charge in [0.2, 0.25) is 5.91 Å². The molecule has 2 rings (SSSR count). The Morgan fingerprint density at radius 1 is 0.882 bits per heavy atom. The number of amides is 1. The fourth-order valence-corrected chi connectivity index (χ4v) is 3.87. The zero-order chi connectivity index (χ0) is 24.8. The minimum atomic E-state index is -0.299. The number of rotatable bonds is 10. The molecule has 0 saturated heterocycles. The van der Waals surface area contributed by atoms with E-state index in [1.165, 1.54) is 0 Å². The van der Waals surface area contributed by atoms with Crippen molar-refractivity contribution in [1.82, 2.24) is 4.90 Å². The molecule has 0 saturated carbocycles. The number of phenols is 1. The van der Waals surface area contributed by atoms with E-state index < -0.39 is 0 Å². The van der Waals surface area contributed by atoms with Crippen molar-refractivity contribution in [3.8, 4) is 29.4 Å². The molecule has 3 heteroatoms. The Bertz CT molecular complexity index is 983. The second kappa shape index (κ2) is 14.9. The van der Waals surface area contributed by atoms with Gasteiger partial charge in [-0.15, -0.1) is 0 Å². The lowest BCUT2D eigenvalue weighted by Crippen LogP contribution is -2.35. The molecule has 0 aliphatic carbocycles. The summed E-state index contributed by atoms with van der Waals surface area (Å²) in [7, 11) is 0. The fraction of sp³-hybridized carbons (Fsp3) is 0.452. The average molecular weight is 458 g/mol. The lowest BCUT2D eigenvalue weighted by Gasteiger charge is -2.26. The highest BCUT2D eigenvalue weighted by Crippen LogP contribution is 2.29. The first-order chi connectivity index (χ1) is 16.5. The lowest BCUT2D eigenvalue weighted by molar-refractivity contribution is -0.132. The van der Waals surface area contributed by atoms with Crippen LogP contribution in [0.15, 0.2) is 42.5 Å². The standard InChI is InChI=1S/C31H39NO2/c1-5-9-11-14-20-27-22-25(23-28(30(27)33)21-15-12-10-6-2)24-29(26-18-16-13-17-19-26)31(34)32(7-3)8-4/h13,16-19,22-23,29,33H,5-12,24H2,1-4H3. The van der Waals surface area contributed by atoms with Crippen LogP contribution in [0.5, 0.6) is 5.75 Å². The molecule has 1 atom stereocenters. The number of hydrogen-bond acceptors (Lipinski definition) is 2. The monoisotopic (exact) mass is 457 g/mol. The van der Waals surface area contributed by atoms with Crippen LogP contribution in [0.2, 0.25) is 0 Å². The van der Waals surface area contributed by atoms with Crippen molar-refractivity contribution < 1.29 is 9.90 Å². The summed E-state index contributed by atoms with van der Waals surface area (Å²) < 4.78 is 0. The first kappa shape index (κ1) is 27.1. The number of hydrogen-bond donors (Lipinski definition) is 1. The number of unbranched alkanes of at least 4 members (excludes halogenated alkanes) is 4. The summed E-state index contributed by atoms with van der Waals surface area (Å²) in [5.74, 6) is 12.6. The summed E-state index contributed by atoms with van der Waals surface area (Å²) in [5.41, 5.74) is 3.15. The molecule has 0 fully saturated rings. The normalized spacial score (nSPS) is 11.1. The highest BCUT2D eigenvalue weighted by atomic mass is 16.3. The molecule has 1 unspecified atom stereocenters. The van der Waals surface area contributed by atoms with Gasteiger partial charge in [-0.25, -0.2) is 0 Å². The zero-order valence-corrected chi connectivity index (χ0v) is 21.3. The van der Waals surface area contributed by atoms with Gasteiger partial charge in [-0.3, -0.25) is 4.79 Å². The first-order valence-electron chi connectivity index (χ1n) is 12.7. The van der Waals surface area contributed by atoms with Crippen LogP contribution in [-0.2, 0) is 11.2 Å². The van der Waals surface area contributed by atoms with Gasteiger partial charge >= 0.3 is 0 Å². The SMILES string of the molecule is CCCCC#Cc1cc(CC(C(=O)N(CC)CC)c2ccccc2)cc(C#CCCCC)c1O. The van der Waals surface area contributed by atoms with Crippen molar-refractivity contribution in [2.24, 2.45) is 0 Å². The van der Waals surface area contributed by atoms with Gasteiger partial charge in [0.15, 0.2) is 0 Å². The third kappa shape index (κ3) is 8.00. The molecule has 180 valence electrons. The predicted octanol–water partition coefficient (Wildman–Crippen LogP) is 6.67. The summed E-state index contributed by atoms with van der Waals surface area (Å²) >= 11 is 0. The molecule has 0 heterocycles. The Balaban J connectivity index is 2.50. The fourth-order valence-electron chi connectivity index (χ4n) is 3.87. The van der Waals surface area contributed by atoms with E-state index in [2.05, 4.69) is 37.5 Å². The van der Waals surface area contributed by atoms with Gasteiger partial charge < -0.3 is 10.0 Å². The zero-order valence-electron chi connectivity index (χ0n) is 21.3. The number of nitrogens with zero attached hydrogens (tertiary/aromatic N) is 1. The molecular formula is C31H39NO2. The predicted molar refractivity (Wildman–Crippen MR) is 142 cm³/mol. The van der Waals surface area contributed by atoms with E-state index in [9.17, 15) is 9.90 Å². The Morgan fingerprint density at radius 2 is 1.41 bits per heavy atom. The first-order valence-corrected chi connectivity index (χ1v) is 12.7. The number of carbonyl (C=O) groups is 1. The second-order valence-electron chi connectivity index (χ2n) is 8.53. The third-order valence-electron chi connectivity index (χ3n) is 5.94. The quantitative estimate of drug-likeness (QED) is 0.320. The summed E-state index contributed by atoms with van der Waals surface area (Å²) in [5, 5.41) is 10.9. The van der Waals surface area contributed by atoms with Gasteiger partial charge in [0.1, 0.15) is 5.75 Å². The molecule has 0 spiro atoms. The maximum Gasteiger partial charge on any atom is 0.230 e. The van der Waals surface area contributed by atoms with Crippen LogP contribution in [0.4, 0.5) is 0 Å². The summed E-state index contributed by atoms with van der Waals surface area (Å²) in [6.45, 7) is 9.66.